The van der Waals surface area contributed by atoms with Gasteiger partial charge in [0.15, 0.2) is 11.5 Å². The van der Waals surface area contributed by atoms with Crippen LogP contribution >= 0.6 is 0 Å². The molecule has 1 heterocycles. The average Bonchev–Trinajstić information content (AvgIpc) is 2.67. The molecule has 1 N–H and O–H groups in total. The molecule has 1 aliphatic heterocycles. The molecule has 0 atom stereocenters. The van der Waals surface area contributed by atoms with Crippen LogP contribution in [0.3, 0.4) is 0 Å². The van der Waals surface area contributed by atoms with E-state index in [0.717, 1.165) is 6.42 Å². The highest BCUT2D eigenvalue weighted by Gasteiger charge is 2.33. The number of rotatable bonds is 7. The molecule has 2 rings (SSSR count). The Kier molecular flexibility index (Phi) is 6.75. The molecule has 0 radical (unpaired) electrons. The number of piperidine rings is 1. The zero-order valence-corrected chi connectivity index (χ0v) is 17.6. The van der Waals surface area contributed by atoms with Crippen molar-refractivity contribution in [2.45, 2.75) is 50.5 Å². The lowest BCUT2D eigenvalue weighted by Gasteiger charge is -2.33. The third-order valence-corrected chi connectivity index (χ3v) is 7.06. The van der Waals surface area contributed by atoms with Crippen molar-refractivity contribution >= 4 is 15.9 Å². The molecule has 1 aromatic rings. The summed E-state index contributed by atoms with van der Waals surface area (Å²) in [4.78, 5) is 12.6. The van der Waals surface area contributed by atoms with Crippen molar-refractivity contribution in [3.8, 4) is 11.5 Å². The molecule has 1 aliphatic rings. The predicted molar refractivity (Wildman–Crippen MR) is 104 cm³/mol. The molecular weight excluding hydrogens is 368 g/mol. The molecule has 1 amide bonds. The summed E-state index contributed by atoms with van der Waals surface area (Å²) in [5.74, 6) is 0.692. The van der Waals surface area contributed by atoms with E-state index >= 15 is 0 Å². The van der Waals surface area contributed by atoms with E-state index in [1.54, 1.807) is 6.07 Å². The summed E-state index contributed by atoms with van der Waals surface area (Å²) in [7, 11) is -0.672. The Bertz CT molecular complexity index is 768. The van der Waals surface area contributed by atoms with Crippen LogP contribution in [-0.4, -0.2) is 51.5 Å². The highest BCUT2D eigenvalue weighted by Crippen LogP contribution is 2.32. The Morgan fingerprint density at radius 2 is 1.78 bits per heavy atom. The van der Waals surface area contributed by atoms with Gasteiger partial charge in [0, 0.05) is 30.6 Å². The minimum atomic E-state index is -3.64. The number of nitrogens with one attached hydrogen (secondary N) is 1. The van der Waals surface area contributed by atoms with E-state index in [1.165, 1.54) is 30.7 Å². The van der Waals surface area contributed by atoms with Gasteiger partial charge in [0.1, 0.15) is 0 Å². The van der Waals surface area contributed by atoms with Crippen molar-refractivity contribution in [3.05, 3.63) is 18.2 Å². The molecule has 1 aromatic carbocycles. The van der Waals surface area contributed by atoms with Crippen molar-refractivity contribution in [1.29, 1.82) is 0 Å². The Hall–Kier alpha value is -1.80. The number of hydrogen-bond donors (Lipinski definition) is 1. The number of nitrogens with zero attached hydrogens (tertiary/aromatic N) is 1. The Morgan fingerprint density at radius 1 is 1.19 bits per heavy atom. The summed E-state index contributed by atoms with van der Waals surface area (Å²) in [5.41, 5.74) is -0.250. The van der Waals surface area contributed by atoms with Gasteiger partial charge in [-0.2, -0.15) is 4.31 Å². The summed E-state index contributed by atoms with van der Waals surface area (Å²) < 4.78 is 37.7. The number of sulfonamides is 1. The molecule has 0 aromatic heterocycles. The van der Waals surface area contributed by atoms with Crippen molar-refractivity contribution in [3.63, 3.8) is 0 Å². The third-order valence-electron chi connectivity index (χ3n) is 5.16. The zero-order valence-electron chi connectivity index (χ0n) is 16.7. The van der Waals surface area contributed by atoms with Crippen LogP contribution in [0, 0.1) is 5.92 Å². The average molecular weight is 399 g/mol. The molecule has 7 nitrogen and oxygen atoms in total. The lowest BCUT2D eigenvalue weighted by molar-refractivity contribution is -0.127. The van der Waals surface area contributed by atoms with Gasteiger partial charge in [-0.25, -0.2) is 8.42 Å². The SMILES string of the molecule is CCC(C)(C)NC(=O)C1CCN(S(=O)(=O)c2ccc(OC)c(OC)c2)CC1. The standard InChI is InChI=1S/C19H30N2O5S/c1-6-19(2,3)20-18(22)14-9-11-21(12-10-14)27(23,24)15-7-8-16(25-4)17(13-15)26-5/h7-8,13-14H,6,9-12H2,1-5H3,(H,20,22). The van der Waals surface area contributed by atoms with Gasteiger partial charge in [0.2, 0.25) is 15.9 Å². The molecule has 1 saturated heterocycles. The lowest BCUT2D eigenvalue weighted by atomic mass is 9.94. The van der Waals surface area contributed by atoms with E-state index in [0.29, 0.717) is 37.4 Å². The summed E-state index contributed by atoms with van der Waals surface area (Å²) in [6.45, 7) is 6.64. The second-order valence-corrected chi connectivity index (χ2v) is 9.36. The van der Waals surface area contributed by atoms with Gasteiger partial charge in [-0.15, -0.1) is 0 Å². The molecule has 0 saturated carbocycles. The van der Waals surface area contributed by atoms with Crippen LogP contribution in [0.25, 0.3) is 0 Å². The largest absolute Gasteiger partial charge is 0.493 e. The molecule has 0 aliphatic carbocycles. The van der Waals surface area contributed by atoms with E-state index in [-0.39, 0.29) is 22.3 Å². The van der Waals surface area contributed by atoms with Gasteiger partial charge in [-0.05, 0) is 45.2 Å². The fourth-order valence-corrected chi connectivity index (χ4v) is 4.49. The maximum Gasteiger partial charge on any atom is 0.243 e. The van der Waals surface area contributed by atoms with E-state index in [4.69, 9.17) is 9.47 Å². The molecule has 1 fully saturated rings. The molecule has 0 bridgehead atoms. The second-order valence-electron chi connectivity index (χ2n) is 7.42. The maximum absolute atomic E-state index is 12.9. The number of methoxy groups -OCH3 is 2. The van der Waals surface area contributed by atoms with Crippen LogP contribution in [0.4, 0.5) is 0 Å². The number of hydrogen-bond acceptors (Lipinski definition) is 5. The van der Waals surface area contributed by atoms with Gasteiger partial charge >= 0.3 is 0 Å². The molecule has 152 valence electrons. The van der Waals surface area contributed by atoms with E-state index < -0.39 is 10.0 Å². The Labute approximate surface area is 162 Å². The van der Waals surface area contributed by atoms with Gasteiger partial charge in [-0.3, -0.25) is 4.79 Å². The van der Waals surface area contributed by atoms with Crippen molar-refractivity contribution in [2.24, 2.45) is 5.92 Å². The quantitative estimate of drug-likeness (QED) is 0.762. The summed E-state index contributed by atoms with van der Waals surface area (Å²) in [6.07, 6.45) is 1.86. The minimum Gasteiger partial charge on any atom is -0.493 e. The number of carbonyl (C=O) groups is 1. The molecule has 27 heavy (non-hydrogen) atoms. The zero-order chi connectivity index (χ0) is 20.2. The van der Waals surface area contributed by atoms with Gasteiger partial charge < -0.3 is 14.8 Å². The summed E-state index contributed by atoms with van der Waals surface area (Å²) in [6, 6.07) is 4.56. The fraction of sp³-hybridized carbons (Fsp3) is 0.632. The highest BCUT2D eigenvalue weighted by molar-refractivity contribution is 7.89. The van der Waals surface area contributed by atoms with Gasteiger partial charge in [0.25, 0.3) is 0 Å². The first-order valence-corrected chi connectivity index (χ1v) is 10.6. The fourth-order valence-electron chi connectivity index (χ4n) is 3.01. The normalized spacial score (nSPS) is 16.8. The van der Waals surface area contributed by atoms with E-state index in [9.17, 15) is 13.2 Å². The van der Waals surface area contributed by atoms with Crippen molar-refractivity contribution in [1.82, 2.24) is 9.62 Å². The van der Waals surface area contributed by atoms with Crippen LogP contribution < -0.4 is 14.8 Å². The monoisotopic (exact) mass is 398 g/mol. The van der Waals surface area contributed by atoms with E-state index in [1.807, 2.05) is 20.8 Å². The highest BCUT2D eigenvalue weighted by atomic mass is 32.2. The maximum atomic E-state index is 12.9. The van der Waals surface area contributed by atoms with Gasteiger partial charge in [-0.1, -0.05) is 6.92 Å². The van der Waals surface area contributed by atoms with Crippen LogP contribution in [0.2, 0.25) is 0 Å². The number of benzene rings is 1. The second kappa shape index (κ2) is 8.48. The van der Waals surface area contributed by atoms with Crippen molar-refractivity contribution in [2.75, 3.05) is 27.3 Å². The number of amides is 1. The Balaban J connectivity index is 2.07. The molecule has 0 unspecified atom stereocenters. The topological polar surface area (TPSA) is 84.9 Å². The summed E-state index contributed by atoms with van der Waals surface area (Å²) >= 11 is 0. The van der Waals surface area contributed by atoms with Crippen LogP contribution in [0.1, 0.15) is 40.0 Å². The van der Waals surface area contributed by atoms with Crippen LogP contribution in [-0.2, 0) is 14.8 Å². The number of ether oxygens (including phenoxy) is 2. The first-order chi connectivity index (χ1) is 12.6. The number of carbonyl (C=O) groups excluding carboxylic acids is 1. The lowest BCUT2D eigenvalue weighted by Crippen LogP contribution is -2.48. The third kappa shape index (κ3) is 4.93. The molecule has 0 spiro atoms. The predicted octanol–water partition coefficient (Wildman–Crippen LogP) is 2.41. The first kappa shape index (κ1) is 21.5. The van der Waals surface area contributed by atoms with Crippen molar-refractivity contribution < 1.29 is 22.7 Å². The summed E-state index contributed by atoms with van der Waals surface area (Å²) in [5, 5.41) is 3.05. The van der Waals surface area contributed by atoms with Crippen LogP contribution in [0.5, 0.6) is 11.5 Å². The van der Waals surface area contributed by atoms with Crippen LogP contribution in [0.15, 0.2) is 23.1 Å². The molecule has 8 heteroatoms. The molecular formula is C19H30N2O5S. The smallest absolute Gasteiger partial charge is 0.243 e. The first-order valence-electron chi connectivity index (χ1n) is 9.19. The van der Waals surface area contributed by atoms with E-state index in [2.05, 4.69) is 5.32 Å². The minimum absolute atomic E-state index is 0.00464. The van der Waals surface area contributed by atoms with Gasteiger partial charge in [0.05, 0.1) is 19.1 Å². The Morgan fingerprint density at radius 3 is 2.30 bits per heavy atom.